The van der Waals surface area contributed by atoms with Crippen molar-refractivity contribution in [2.24, 2.45) is 0 Å². The lowest BCUT2D eigenvalue weighted by Crippen LogP contribution is -2.38. The van der Waals surface area contributed by atoms with Crippen molar-refractivity contribution in [1.29, 1.82) is 0 Å². The van der Waals surface area contributed by atoms with Gasteiger partial charge in [0.15, 0.2) is 6.61 Å². The number of carbonyl (C=O) groups excluding carboxylic acids is 1. The van der Waals surface area contributed by atoms with Crippen LogP contribution in [0.25, 0.3) is 0 Å². The van der Waals surface area contributed by atoms with Gasteiger partial charge in [-0.05, 0) is 30.7 Å². The monoisotopic (exact) mass is 459 g/mol. The Labute approximate surface area is 181 Å². The van der Waals surface area contributed by atoms with Gasteiger partial charge in [-0.3, -0.25) is 4.79 Å². The van der Waals surface area contributed by atoms with Gasteiger partial charge >= 0.3 is 12.1 Å². The quantitative estimate of drug-likeness (QED) is 0.602. The molecule has 1 amide bonds. The first-order valence-electron chi connectivity index (χ1n) is 9.88. The predicted molar refractivity (Wildman–Crippen MR) is 106 cm³/mol. The van der Waals surface area contributed by atoms with E-state index >= 15 is 0 Å². The van der Waals surface area contributed by atoms with Crippen LogP contribution in [-0.2, 0) is 4.79 Å². The lowest BCUT2D eigenvalue weighted by Gasteiger charge is -2.20. The van der Waals surface area contributed by atoms with Gasteiger partial charge in [-0.25, -0.2) is 13.8 Å². The van der Waals surface area contributed by atoms with Crippen molar-refractivity contribution in [1.82, 2.24) is 10.3 Å². The van der Waals surface area contributed by atoms with Crippen LogP contribution in [0.4, 0.5) is 27.6 Å². The minimum atomic E-state index is -4.93. The van der Waals surface area contributed by atoms with Gasteiger partial charge in [-0.1, -0.05) is 12.1 Å². The number of hydrogen-bond donors (Lipinski definition) is 1. The molecule has 1 aliphatic heterocycles. The SMILES string of the molecule is C[C@H](NC(=O)C(F)(F)F)c1ccc(OC2CCN(c3ccnc(OCC(F)F)c3)C2)cc1. The van der Waals surface area contributed by atoms with Gasteiger partial charge in [0.05, 0.1) is 12.6 Å². The fraction of sp³-hybridized carbons (Fsp3) is 0.429. The normalized spacial score (nSPS) is 17.3. The molecule has 2 heterocycles. The molecule has 0 radical (unpaired) electrons. The number of aromatic nitrogens is 1. The van der Waals surface area contributed by atoms with E-state index in [4.69, 9.17) is 9.47 Å². The number of hydrogen-bond acceptors (Lipinski definition) is 5. The van der Waals surface area contributed by atoms with Crippen molar-refractivity contribution >= 4 is 11.6 Å². The minimum absolute atomic E-state index is 0.120. The van der Waals surface area contributed by atoms with E-state index in [1.807, 2.05) is 10.2 Å². The molecule has 0 saturated carbocycles. The van der Waals surface area contributed by atoms with Gasteiger partial charge in [-0.15, -0.1) is 0 Å². The van der Waals surface area contributed by atoms with Crippen molar-refractivity contribution in [3.8, 4) is 11.6 Å². The largest absolute Gasteiger partial charge is 0.489 e. The zero-order chi connectivity index (χ0) is 23.3. The standard InChI is InChI=1S/C21H22F5N3O3/c1-13(28-20(30)21(24,25)26)14-2-4-16(5-3-14)32-17-7-9-29(11-17)15-6-8-27-19(10-15)31-12-18(22)23/h2-6,8,10,13,17-18H,7,9,11-12H2,1H3,(H,28,30)/t13-,17?/m0/s1. The molecule has 1 fully saturated rings. The predicted octanol–water partition coefficient (Wildman–Crippen LogP) is 4.12. The minimum Gasteiger partial charge on any atom is -0.489 e. The van der Waals surface area contributed by atoms with Gasteiger partial charge in [0, 0.05) is 30.9 Å². The van der Waals surface area contributed by atoms with Crippen LogP contribution in [0.1, 0.15) is 24.9 Å². The van der Waals surface area contributed by atoms with Crippen LogP contribution in [0.5, 0.6) is 11.6 Å². The molecule has 0 spiro atoms. The molecule has 0 aliphatic carbocycles. The third-order valence-corrected chi connectivity index (χ3v) is 4.87. The zero-order valence-corrected chi connectivity index (χ0v) is 17.1. The Morgan fingerprint density at radius 1 is 1.25 bits per heavy atom. The highest BCUT2D eigenvalue weighted by Crippen LogP contribution is 2.27. The van der Waals surface area contributed by atoms with E-state index in [0.29, 0.717) is 24.4 Å². The maximum absolute atomic E-state index is 12.4. The Kier molecular flexibility index (Phi) is 7.37. The van der Waals surface area contributed by atoms with Crippen LogP contribution < -0.4 is 19.7 Å². The number of nitrogens with one attached hydrogen (secondary N) is 1. The highest BCUT2D eigenvalue weighted by atomic mass is 19.4. The summed E-state index contributed by atoms with van der Waals surface area (Å²) in [4.78, 5) is 17.0. The summed E-state index contributed by atoms with van der Waals surface area (Å²) in [6.45, 7) is 1.97. The van der Waals surface area contributed by atoms with E-state index in [9.17, 15) is 26.7 Å². The second kappa shape index (κ2) is 10.0. The highest BCUT2D eigenvalue weighted by molar-refractivity contribution is 5.82. The molecule has 6 nitrogen and oxygen atoms in total. The van der Waals surface area contributed by atoms with Crippen LogP contribution in [0.2, 0.25) is 0 Å². The van der Waals surface area contributed by atoms with E-state index in [-0.39, 0.29) is 12.0 Å². The van der Waals surface area contributed by atoms with Crippen LogP contribution in [0, 0.1) is 0 Å². The first-order chi connectivity index (χ1) is 15.1. The second-order valence-corrected chi connectivity index (χ2v) is 7.29. The smallest absolute Gasteiger partial charge is 0.471 e. The molecule has 174 valence electrons. The first-order valence-corrected chi connectivity index (χ1v) is 9.88. The molecular weight excluding hydrogens is 437 g/mol. The van der Waals surface area contributed by atoms with Gasteiger partial charge < -0.3 is 19.7 Å². The van der Waals surface area contributed by atoms with E-state index < -0.39 is 31.2 Å². The molecule has 1 N–H and O–H groups in total. The number of benzene rings is 1. The summed E-state index contributed by atoms with van der Waals surface area (Å²) < 4.78 is 72.7. The molecule has 0 bridgehead atoms. The number of rotatable bonds is 8. The summed E-state index contributed by atoms with van der Waals surface area (Å²) in [5.74, 6) is -1.32. The van der Waals surface area contributed by atoms with Crippen LogP contribution in [0.15, 0.2) is 42.6 Å². The lowest BCUT2D eigenvalue weighted by atomic mass is 10.1. The molecule has 3 rings (SSSR count). The van der Waals surface area contributed by atoms with Gasteiger partial charge in [0.1, 0.15) is 11.9 Å². The van der Waals surface area contributed by atoms with E-state index in [1.165, 1.54) is 13.1 Å². The number of alkyl halides is 5. The summed E-state index contributed by atoms with van der Waals surface area (Å²) in [5, 5.41) is 1.90. The molecule has 1 aliphatic rings. The molecule has 2 aromatic rings. The Balaban J connectivity index is 1.53. The van der Waals surface area contributed by atoms with Crippen LogP contribution in [-0.4, -0.2) is 49.3 Å². The van der Waals surface area contributed by atoms with Crippen molar-refractivity contribution in [3.05, 3.63) is 48.2 Å². The van der Waals surface area contributed by atoms with Gasteiger partial charge in [-0.2, -0.15) is 13.2 Å². The Bertz CT molecular complexity index is 908. The zero-order valence-electron chi connectivity index (χ0n) is 17.1. The molecule has 32 heavy (non-hydrogen) atoms. The molecule has 2 atom stereocenters. The number of pyridine rings is 1. The molecule has 1 unspecified atom stereocenters. The molecule has 1 aromatic heterocycles. The topological polar surface area (TPSA) is 63.7 Å². The summed E-state index contributed by atoms with van der Waals surface area (Å²) in [6, 6.07) is 9.00. The fourth-order valence-corrected chi connectivity index (χ4v) is 3.27. The highest BCUT2D eigenvalue weighted by Gasteiger charge is 2.39. The Hall–Kier alpha value is -3.11. The van der Waals surface area contributed by atoms with Crippen molar-refractivity contribution in [3.63, 3.8) is 0 Å². The summed E-state index contributed by atoms with van der Waals surface area (Å²) in [5.41, 5.74) is 1.29. The molecule has 11 heteroatoms. The number of halogens is 5. The maximum Gasteiger partial charge on any atom is 0.471 e. The van der Waals surface area contributed by atoms with Crippen molar-refractivity contribution in [2.75, 3.05) is 24.6 Å². The Morgan fingerprint density at radius 2 is 1.97 bits per heavy atom. The van der Waals surface area contributed by atoms with E-state index in [2.05, 4.69) is 4.98 Å². The summed E-state index contributed by atoms with van der Waals surface area (Å²) >= 11 is 0. The third kappa shape index (κ3) is 6.44. The number of carbonyl (C=O) groups is 1. The molecule has 1 saturated heterocycles. The molecular formula is C21H22F5N3O3. The number of nitrogens with zero attached hydrogens (tertiary/aromatic N) is 2. The van der Waals surface area contributed by atoms with E-state index in [1.54, 1.807) is 36.4 Å². The number of amides is 1. The first kappa shape index (κ1) is 23.6. The van der Waals surface area contributed by atoms with Crippen molar-refractivity contribution in [2.45, 2.75) is 38.1 Å². The average molecular weight is 459 g/mol. The Morgan fingerprint density at radius 3 is 2.62 bits per heavy atom. The van der Waals surface area contributed by atoms with E-state index in [0.717, 1.165) is 12.1 Å². The van der Waals surface area contributed by atoms with Crippen LogP contribution >= 0.6 is 0 Å². The number of ether oxygens (including phenoxy) is 2. The van der Waals surface area contributed by atoms with Gasteiger partial charge in [0.25, 0.3) is 6.43 Å². The average Bonchev–Trinajstić information content (AvgIpc) is 3.21. The summed E-state index contributed by atoms with van der Waals surface area (Å²) in [7, 11) is 0. The second-order valence-electron chi connectivity index (χ2n) is 7.29. The van der Waals surface area contributed by atoms with Gasteiger partial charge in [0.2, 0.25) is 5.88 Å². The fourth-order valence-electron chi connectivity index (χ4n) is 3.27. The number of anilines is 1. The summed E-state index contributed by atoms with van der Waals surface area (Å²) in [6.07, 6.45) is -5.45. The molecule has 1 aromatic carbocycles. The maximum atomic E-state index is 12.4. The van der Waals surface area contributed by atoms with Crippen LogP contribution in [0.3, 0.4) is 0 Å². The lowest BCUT2D eigenvalue weighted by molar-refractivity contribution is -0.174. The third-order valence-electron chi connectivity index (χ3n) is 4.87. The van der Waals surface area contributed by atoms with Crippen molar-refractivity contribution < 1.29 is 36.2 Å².